The van der Waals surface area contributed by atoms with E-state index in [0.29, 0.717) is 5.75 Å². The van der Waals surface area contributed by atoms with E-state index < -0.39 is 0 Å². The van der Waals surface area contributed by atoms with Gasteiger partial charge in [-0.1, -0.05) is 0 Å². The van der Waals surface area contributed by atoms with Gasteiger partial charge in [-0.2, -0.15) is 11.8 Å². The SMILES string of the molecule is CNC(=O)CSCC1CNC1. The van der Waals surface area contributed by atoms with Crippen LogP contribution in [0.25, 0.3) is 0 Å². The first-order valence-corrected chi connectivity index (χ1v) is 4.97. The number of nitrogens with one attached hydrogen (secondary N) is 2. The van der Waals surface area contributed by atoms with Crippen LogP contribution in [-0.2, 0) is 4.79 Å². The minimum Gasteiger partial charge on any atom is -0.358 e. The monoisotopic (exact) mass is 174 g/mol. The lowest BCUT2D eigenvalue weighted by molar-refractivity contribution is -0.118. The van der Waals surface area contributed by atoms with Crippen LogP contribution < -0.4 is 10.6 Å². The van der Waals surface area contributed by atoms with Crippen LogP contribution in [0.15, 0.2) is 0 Å². The molecule has 0 atom stereocenters. The molecule has 1 fully saturated rings. The molecule has 0 bridgehead atoms. The fourth-order valence-electron chi connectivity index (χ4n) is 0.857. The van der Waals surface area contributed by atoms with Gasteiger partial charge in [0.15, 0.2) is 0 Å². The largest absolute Gasteiger partial charge is 0.358 e. The van der Waals surface area contributed by atoms with Gasteiger partial charge in [0.2, 0.25) is 5.91 Å². The number of carbonyl (C=O) groups is 1. The maximum atomic E-state index is 10.8. The fourth-order valence-corrected chi connectivity index (χ4v) is 1.87. The third-order valence-corrected chi connectivity index (χ3v) is 2.90. The molecular formula is C7H14N2OS. The quantitative estimate of drug-likeness (QED) is 0.614. The highest BCUT2D eigenvalue weighted by molar-refractivity contribution is 7.99. The lowest BCUT2D eigenvalue weighted by Crippen LogP contribution is -2.43. The molecule has 11 heavy (non-hydrogen) atoms. The third kappa shape index (κ3) is 3.12. The Morgan fingerprint density at radius 3 is 2.91 bits per heavy atom. The molecule has 0 unspecified atom stereocenters. The molecule has 0 radical (unpaired) electrons. The summed E-state index contributed by atoms with van der Waals surface area (Å²) in [5, 5.41) is 5.80. The van der Waals surface area contributed by atoms with E-state index >= 15 is 0 Å². The Morgan fingerprint density at radius 1 is 1.73 bits per heavy atom. The first-order chi connectivity index (χ1) is 5.33. The van der Waals surface area contributed by atoms with E-state index in [9.17, 15) is 4.79 Å². The Labute approximate surface area is 71.3 Å². The summed E-state index contributed by atoms with van der Waals surface area (Å²) in [4.78, 5) is 10.8. The van der Waals surface area contributed by atoms with Gasteiger partial charge in [-0.15, -0.1) is 0 Å². The summed E-state index contributed by atoms with van der Waals surface area (Å²) in [5.41, 5.74) is 0. The zero-order valence-electron chi connectivity index (χ0n) is 6.72. The number of rotatable bonds is 4. The maximum Gasteiger partial charge on any atom is 0.229 e. The highest BCUT2D eigenvalue weighted by Gasteiger charge is 2.16. The fraction of sp³-hybridized carbons (Fsp3) is 0.857. The highest BCUT2D eigenvalue weighted by Crippen LogP contribution is 2.11. The summed E-state index contributed by atoms with van der Waals surface area (Å²) < 4.78 is 0. The number of amides is 1. The summed E-state index contributed by atoms with van der Waals surface area (Å²) in [6.45, 7) is 2.25. The van der Waals surface area contributed by atoms with Gasteiger partial charge in [-0.3, -0.25) is 4.79 Å². The molecule has 0 aromatic heterocycles. The average Bonchev–Trinajstić information content (AvgIpc) is 1.94. The van der Waals surface area contributed by atoms with Gasteiger partial charge in [0, 0.05) is 7.05 Å². The van der Waals surface area contributed by atoms with Crippen molar-refractivity contribution in [1.29, 1.82) is 0 Å². The highest BCUT2D eigenvalue weighted by atomic mass is 32.2. The summed E-state index contributed by atoms with van der Waals surface area (Å²) >= 11 is 1.72. The Kier molecular flexibility index (Phi) is 3.72. The first kappa shape index (κ1) is 8.87. The van der Waals surface area contributed by atoms with Gasteiger partial charge in [0.05, 0.1) is 5.75 Å². The summed E-state index contributed by atoms with van der Waals surface area (Å²) in [7, 11) is 1.67. The van der Waals surface area contributed by atoms with E-state index in [-0.39, 0.29) is 5.91 Å². The van der Waals surface area contributed by atoms with E-state index in [4.69, 9.17) is 0 Å². The average molecular weight is 174 g/mol. The maximum absolute atomic E-state index is 10.8. The van der Waals surface area contributed by atoms with Crippen molar-refractivity contribution in [2.24, 2.45) is 5.92 Å². The molecule has 1 aliphatic rings. The van der Waals surface area contributed by atoms with Gasteiger partial charge in [0.1, 0.15) is 0 Å². The first-order valence-electron chi connectivity index (χ1n) is 3.82. The van der Waals surface area contributed by atoms with Crippen molar-refractivity contribution in [2.45, 2.75) is 0 Å². The summed E-state index contributed by atoms with van der Waals surface area (Å²) in [6, 6.07) is 0. The Balaban J connectivity index is 1.90. The molecule has 1 heterocycles. The second kappa shape index (κ2) is 4.62. The van der Waals surface area contributed by atoms with Gasteiger partial charge < -0.3 is 10.6 Å². The molecule has 1 rings (SSSR count). The van der Waals surface area contributed by atoms with Crippen molar-refractivity contribution < 1.29 is 4.79 Å². The molecule has 4 heteroatoms. The minimum atomic E-state index is 0.127. The molecule has 0 spiro atoms. The van der Waals surface area contributed by atoms with E-state index in [2.05, 4.69) is 10.6 Å². The topological polar surface area (TPSA) is 41.1 Å². The number of thioether (sulfide) groups is 1. The molecule has 0 aliphatic carbocycles. The lowest BCUT2D eigenvalue weighted by atomic mass is 10.1. The predicted molar refractivity (Wildman–Crippen MR) is 47.8 cm³/mol. The molecule has 0 aromatic carbocycles. The minimum absolute atomic E-state index is 0.127. The lowest BCUT2D eigenvalue weighted by Gasteiger charge is -2.26. The van der Waals surface area contributed by atoms with Crippen molar-refractivity contribution in [1.82, 2.24) is 10.6 Å². The second-order valence-electron chi connectivity index (χ2n) is 2.71. The molecule has 0 saturated carbocycles. The van der Waals surface area contributed by atoms with Crippen LogP contribution in [-0.4, -0.2) is 37.6 Å². The number of hydrogen-bond donors (Lipinski definition) is 2. The van der Waals surface area contributed by atoms with Crippen LogP contribution in [0.5, 0.6) is 0 Å². The Morgan fingerprint density at radius 2 is 2.45 bits per heavy atom. The Hall–Kier alpha value is -0.220. The van der Waals surface area contributed by atoms with Crippen LogP contribution in [0, 0.1) is 5.92 Å². The summed E-state index contributed by atoms with van der Waals surface area (Å²) in [5.74, 6) is 2.64. The second-order valence-corrected chi connectivity index (χ2v) is 3.74. The van der Waals surface area contributed by atoms with Crippen molar-refractivity contribution in [2.75, 3.05) is 31.6 Å². The van der Waals surface area contributed by atoms with Crippen LogP contribution in [0.3, 0.4) is 0 Å². The van der Waals surface area contributed by atoms with Crippen LogP contribution in [0.1, 0.15) is 0 Å². The number of hydrogen-bond acceptors (Lipinski definition) is 3. The standard InChI is InChI=1S/C7H14N2OS/c1-8-7(10)5-11-4-6-2-9-3-6/h6,9H,2-5H2,1H3,(H,8,10). The van der Waals surface area contributed by atoms with E-state index in [1.807, 2.05) is 0 Å². The predicted octanol–water partition coefficient (Wildman–Crippen LogP) is -0.315. The molecule has 0 aromatic rings. The van der Waals surface area contributed by atoms with Gasteiger partial charge in [0.25, 0.3) is 0 Å². The molecule has 3 nitrogen and oxygen atoms in total. The van der Waals surface area contributed by atoms with Crippen LogP contribution in [0.4, 0.5) is 0 Å². The van der Waals surface area contributed by atoms with E-state index in [1.165, 1.54) is 0 Å². The molecule has 1 amide bonds. The number of carbonyl (C=O) groups excluding carboxylic acids is 1. The van der Waals surface area contributed by atoms with Crippen LogP contribution in [0.2, 0.25) is 0 Å². The normalized spacial score (nSPS) is 17.5. The zero-order valence-corrected chi connectivity index (χ0v) is 7.54. The van der Waals surface area contributed by atoms with Gasteiger partial charge in [-0.05, 0) is 24.8 Å². The van der Waals surface area contributed by atoms with Gasteiger partial charge in [-0.25, -0.2) is 0 Å². The van der Waals surface area contributed by atoms with E-state index in [0.717, 1.165) is 24.8 Å². The van der Waals surface area contributed by atoms with Crippen LogP contribution >= 0.6 is 11.8 Å². The molecule has 64 valence electrons. The van der Waals surface area contributed by atoms with E-state index in [1.54, 1.807) is 18.8 Å². The molecule has 1 aliphatic heterocycles. The third-order valence-electron chi connectivity index (χ3n) is 1.73. The molecular weight excluding hydrogens is 160 g/mol. The molecule has 2 N–H and O–H groups in total. The van der Waals surface area contributed by atoms with Crippen molar-refractivity contribution >= 4 is 17.7 Å². The van der Waals surface area contributed by atoms with Gasteiger partial charge >= 0.3 is 0 Å². The Bertz CT molecular complexity index is 136. The zero-order chi connectivity index (χ0) is 8.10. The van der Waals surface area contributed by atoms with Crippen molar-refractivity contribution in [3.63, 3.8) is 0 Å². The smallest absolute Gasteiger partial charge is 0.229 e. The summed E-state index contributed by atoms with van der Waals surface area (Å²) in [6.07, 6.45) is 0. The molecule has 1 saturated heterocycles. The van der Waals surface area contributed by atoms with Crippen molar-refractivity contribution in [3.8, 4) is 0 Å². The van der Waals surface area contributed by atoms with Crippen molar-refractivity contribution in [3.05, 3.63) is 0 Å².